The number of carboxylic acids is 2. The van der Waals surface area contributed by atoms with E-state index in [1.165, 1.54) is 0 Å². The summed E-state index contributed by atoms with van der Waals surface area (Å²) in [4.78, 5) is 21.9. The van der Waals surface area contributed by atoms with Crippen molar-refractivity contribution in [2.75, 3.05) is 0 Å². The van der Waals surface area contributed by atoms with Gasteiger partial charge >= 0.3 is 11.9 Å². The second kappa shape index (κ2) is 7.42. The zero-order valence-electron chi connectivity index (χ0n) is 12.3. The van der Waals surface area contributed by atoms with E-state index < -0.39 is 30.5 Å². The highest BCUT2D eigenvalue weighted by atomic mass is 16.5. The normalized spacial score (nSPS) is 13.1. The third kappa shape index (κ3) is 4.55. The number of rotatable bonds is 7. The summed E-state index contributed by atoms with van der Waals surface area (Å²) >= 11 is 0. The van der Waals surface area contributed by atoms with Crippen LogP contribution in [0.3, 0.4) is 0 Å². The average Bonchev–Trinajstić information content (AvgIpc) is 2.54. The van der Waals surface area contributed by atoms with Crippen LogP contribution in [0.1, 0.15) is 6.42 Å². The van der Waals surface area contributed by atoms with Gasteiger partial charge in [0.2, 0.25) is 0 Å². The highest BCUT2D eigenvalue weighted by molar-refractivity contribution is 5.76. The maximum atomic E-state index is 11.0. The van der Waals surface area contributed by atoms with Gasteiger partial charge in [0.05, 0.1) is 6.42 Å². The Balaban J connectivity index is 2.23. The molecular formula is C17H17NO5. The quantitative estimate of drug-likeness (QED) is 0.720. The van der Waals surface area contributed by atoms with Crippen LogP contribution in [-0.4, -0.2) is 34.3 Å². The smallest absolute Gasteiger partial charge is 0.324 e. The minimum atomic E-state index is -1.42. The van der Waals surface area contributed by atoms with Crippen LogP contribution in [0.5, 0.6) is 5.75 Å². The first kappa shape index (κ1) is 16.5. The summed E-state index contributed by atoms with van der Waals surface area (Å²) in [5.74, 6) is -2.12. The van der Waals surface area contributed by atoms with E-state index in [1.807, 2.05) is 36.4 Å². The van der Waals surface area contributed by atoms with Crippen LogP contribution >= 0.6 is 0 Å². The zero-order valence-corrected chi connectivity index (χ0v) is 12.3. The van der Waals surface area contributed by atoms with Crippen LogP contribution < -0.4 is 10.5 Å². The summed E-state index contributed by atoms with van der Waals surface area (Å²) in [6, 6.07) is 15.1. The third-order valence-electron chi connectivity index (χ3n) is 3.29. The van der Waals surface area contributed by atoms with Crippen molar-refractivity contribution in [2.24, 2.45) is 5.73 Å². The lowest BCUT2D eigenvalue weighted by Crippen LogP contribution is -2.46. The van der Waals surface area contributed by atoms with E-state index in [4.69, 9.17) is 20.7 Å². The number of carboxylic acid groups (broad SMARTS) is 2. The summed E-state index contributed by atoms with van der Waals surface area (Å²) < 4.78 is 5.52. The molecular weight excluding hydrogens is 298 g/mol. The SMILES string of the molecule is N[C@H](C(=O)O)C(CC(=O)O)Oc1cccc(-c2ccccc2)c1. The summed E-state index contributed by atoms with van der Waals surface area (Å²) in [6.45, 7) is 0. The summed E-state index contributed by atoms with van der Waals surface area (Å²) in [5, 5.41) is 17.9. The molecule has 0 saturated carbocycles. The second-order valence-corrected chi connectivity index (χ2v) is 5.01. The monoisotopic (exact) mass is 315 g/mol. The van der Waals surface area contributed by atoms with Gasteiger partial charge in [-0.1, -0.05) is 42.5 Å². The van der Waals surface area contributed by atoms with Crippen LogP contribution in [0.25, 0.3) is 11.1 Å². The van der Waals surface area contributed by atoms with Crippen molar-refractivity contribution in [1.29, 1.82) is 0 Å². The van der Waals surface area contributed by atoms with Gasteiger partial charge in [-0.15, -0.1) is 0 Å². The van der Waals surface area contributed by atoms with E-state index in [1.54, 1.807) is 18.2 Å². The molecule has 6 nitrogen and oxygen atoms in total. The van der Waals surface area contributed by atoms with Gasteiger partial charge in [0.15, 0.2) is 0 Å². The van der Waals surface area contributed by atoms with Gasteiger partial charge in [0.1, 0.15) is 17.9 Å². The highest BCUT2D eigenvalue weighted by Gasteiger charge is 2.28. The molecule has 0 amide bonds. The van der Waals surface area contributed by atoms with Gasteiger partial charge in [-0.3, -0.25) is 9.59 Å². The van der Waals surface area contributed by atoms with E-state index in [0.29, 0.717) is 5.75 Å². The van der Waals surface area contributed by atoms with Crippen molar-refractivity contribution in [1.82, 2.24) is 0 Å². The molecule has 1 unspecified atom stereocenters. The van der Waals surface area contributed by atoms with Gasteiger partial charge in [0, 0.05) is 0 Å². The molecule has 0 heterocycles. The fourth-order valence-electron chi connectivity index (χ4n) is 2.13. The van der Waals surface area contributed by atoms with Crippen molar-refractivity contribution in [3.63, 3.8) is 0 Å². The number of carbonyl (C=O) groups is 2. The molecule has 0 aliphatic heterocycles. The zero-order chi connectivity index (χ0) is 16.8. The average molecular weight is 315 g/mol. The van der Waals surface area contributed by atoms with Gasteiger partial charge in [-0.05, 0) is 23.3 Å². The molecule has 0 aliphatic rings. The Morgan fingerprint density at radius 2 is 1.65 bits per heavy atom. The molecule has 2 rings (SSSR count). The van der Waals surface area contributed by atoms with Crippen LogP contribution in [0.15, 0.2) is 54.6 Å². The van der Waals surface area contributed by atoms with Crippen molar-refractivity contribution >= 4 is 11.9 Å². The lowest BCUT2D eigenvalue weighted by Gasteiger charge is -2.21. The van der Waals surface area contributed by atoms with Crippen molar-refractivity contribution in [3.05, 3.63) is 54.6 Å². The first-order valence-corrected chi connectivity index (χ1v) is 6.99. The van der Waals surface area contributed by atoms with E-state index in [9.17, 15) is 9.59 Å². The molecule has 4 N–H and O–H groups in total. The van der Waals surface area contributed by atoms with Gasteiger partial charge < -0.3 is 20.7 Å². The molecule has 0 aliphatic carbocycles. The highest BCUT2D eigenvalue weighted by Crippen LogP contribution is 2.25. The number of hydrogen-bond acceptors (Lipinski definition) is 4. The van der Waals surface area contributed by atoms with E-state index in [-0.39, 0.29) is 0 Å². The maximum absolute atomic E-state index is 11.0. The van der Waals surface area contributed by atoms with Crippen LogP contribution in [0.2, 0.25) is 0 Å². The second-order valence-electron chi connectivity index (χ2n) is 5.01. The van der Waals surface area contributed by atoms with Crippen LogP contribution in [0.4, 0.5) is 0 Å². The molecule has 0 bridgehead atoms. The molecule has 6 heteroatoms. The van der Waals surface area contributed by atoms with Crippen molar-refractivity contribution < 1.29 is 24.5 Å². The standard InChI is InChI=1S/C17H17NO5/c18-16(17(21)22)14(10-15(19)20)23-13-8-4-7-12(9-13)11-5-2-1-3-6-11/h1-9,14,16H,10,18H2,(H,19,20)(H,21,22)/t14?,16-/m0/s1. The number of ether oxygens (including phenoxy) is 1. The molecule has 120 valence electrons. The number of hydrogen-bond donors (Lipinski definition) is 3. The topological polar surface area (TPSA) is 110 Å². The molecule has 0 aromatic heterocycles. The summed E-state index contributed by atoms with van der Waals surface area (Å²) in [5.41, 5.74) is 7.36. The molecule has 0 saturated heterocycles. The maximum Gasteiger partial charge on any atom is 0.324 e. The number of nitrogens with two attached hydrogens (primary N) is 1. The lowest BCUT2D eigenvalue weighted by atomic mass is 10.1. The number of benzene rings is 2. The Morgan fingerprint density at radius 1 is 1.00 bits per heavy atom. The third-order valence-corrected chi connectivity index (χ3v) is 3.29. The Bertz CT molecular complexity index is 686. The van der Waals surface area contributed by atoms with Crippen LogP contribution in [-0.2, 0) is 9.59 Å². The van der Waals surface area contributed by atoms with Crippen LogP contribution in [0, 0.1) is 0 Å². The summed E-state index contributed by atoms with van der Waals surface area (Å²) in [6.07, 6.45) is -1.65. The van der Waals surface area contributed by atoms with Gasteiger partial charge in [-0.2, -0.15) is 0 Å². The predicted molar refractivity (Wildman–Crippen MR) is 84.2 cm³/mol. The van der Waals surface area contributed by atoms with E-state index in [0.717, 1.165) is 11.1 Å². The first-order valence-electron chi connectivity index (χ1n) is 6.99. The first-order chi connectivity index (χ1) is 11.0. The minimum absolute atomic E-state index is 0.370. The Hall–Kier alpha value is -2.86. The van der Waals surface area contributed by atoms with Gasteiger partial charge in [0.25, 0.3) is 0 Å². The minimum Gasteiger partial charge on any atom is -0.488 e. The molecule has 0 radical (unpaired) electrons. The van der Waals surface area contributed by atoms with E-state index >= 15 is 0 Å². The molecule has 0 fully saturated rings. The largest absolute Gasteiger partial charge is 0.488 e. The Kier molecular flexibility index (Phi) is 5.32. The molecule has 2 aromatic carbocycles. The molecule has 2 aromatic rings. The number of aliphatic carboxylic acids is 2. The molecule has 23 heavy (non-hydrogen) atoms. The van der Waals surface area contributed by atoms with Crippen molar-refractivity contribution in [3.8, 4) is 16.9 Å². The fraction of sp³-hybridized carbons (Fsp3) is 0.176. The fourth-order valence-corrected chi connectivity index (χ4v) is 2.13. The lowest BCUT2D eigenvalue weighted by molar-refractivity contribution is -0.143. The van der Waals surface area contributed by atoms with Crippen molar-refractivity contribution in [2.45, 2.75) is 18.6 Å². The summed E-state index contributed by atoms with van der Waals surface area (Å²) in [7, 11) is 0. The molecule has 0 spiro atoms. The van der Waals surface area contributed by atoms with Gasteiger partial charge in [-0.25, -0.2) is 0 Å². The Morgan fingerprint density at radius 3 is 2.26 bits per heavy atom. The predicted octanol–water partition coefficient (Wildman–Crippen LogP) is 1.99. The Labute approximate surface area is 133 Å². The van der Waals surface area contributed by atoms with E-state index in [2.05, 4.69) is 0 Å². The molecule has 2 atom stereocenters.